The maximum Gasteiger partial charge on any atom is 0.248 e. The fraction of sp³-hybridized carbons (Fsp3) is 0.0556. The normalized spacial score (nSPS) is 24.8. The van der Waals surface area contributed by atoms with E-state index in [1.807, 2.05) is 60.7 Å². The fourth-order valence-corrected chi connectivity index (χ4v) is 6.84. The number of nitrogens with one attached hydrogen (secondary N) is 2. The second-order valence-electron chi connectivity index (χ2n) is 11.4. The summed E-state index contributed by atoms with van der Waals surface area (Å²) < 4.78 is 0. The summed E-state index contributed by atoms with van der Waals surface area (Å²) in [4.78, 5) is 25.7. The van der Waals surface area contributed by atoms with Crippen molar-refractivity contribution in [1.29, 1.82) is 21.0 Å². The number of H-pyrrole nitrogens is 1. The van der Waals surface area contributed by atoms with Gasteiger partial charge in [0.25, 0.3) is 0 Å². The summed E-state index contributed by atoms with van der Waals surface area (Å²) in [5.41, 5.74) is -0.267. The van der Waals surface area contributed by atoms with Crippen molar-refractivity contribution in [2.75, 3.05) is 4.90 Å². The number of fused-ring (bicyclic) bond motifs is 18. The zero-order valence-corrected chi connectivity index (χ0v) is 24.7. The quantitative estimate of drug-likeness (QED) is 0.258. The van der Waals surface area contributed by atoms with E-state index in [0.717, 1.165) is 0 Å². The van der Waals surface area contributed by atoms with Crippen LogP contribution in [-0.4, -0.2) is 33.2 Å². The number of nitriles is 4. The summed E-state index contributed by atoms with van der Waals surface area (Å²) in [5, 5.41) is 47.4. The Morgan fingerprint density at radius 1 is 0.708 bits per heavy atom. The van der Waals surface area contributed by atoms with E-state index in [-0.39, 0.29) is 23.3 Å². The van der Waals surface area contributed by atoms with E-state index in [9.17, 15) is 21.0 Å². The Hall–Kier alpha value is -7.54. The lowest BCUT2D eigenvalue weighted by atomic mass is 9.79. The molecule has 1 aromatic heterocycles. The number of aromatic nitrogens is 1. The molecule has 0 fully saturated rings. The van der Waals surface area contributed by atoms with Crippen molar-refractivity contribution in [3.05, 3.63) is 131 Å². The van der Waals surface area contributed by atoms with Crippen molar-refractivity contribution < 1.29 is 0 Å². The first-order chi connectivity index (χ1) is 23.6. The maximum atomic E-state index is 10.8. The zero-order valence-electron chi connectivity index (χ0n) is 24.7. The molecule has 2 unspecified atom stereocenters. The molecule has 5 heterocycles. The summed E-state index contributed by atoms with van der Waals surface area (Å²) in [5.74, 6) is 1.84. The van der Waals surface area contributed by atoms with Crippen LogP contribution in [0.3, 0.4) is 0 Å². The number of rotatable bonds is 0. The Bertz CT molecular complexity index is 2570. The minimum atomic E-state index is -1.66. The van der Waals surface area contributed by atoms with E-state index >= 15 is 0 Å². The first-order valence-corrected chi connectivity index (χ1v) is 14.8. The van der Waals surface area contributed by atoms with Crippen LogP contribution in [0, 0.1) is 51.0 Å². The maximum absolute atomic E-state index is 10.8. The molecule has 0 amide bonds. The SMILES string of the molecule is N#CN1C2=C3C=CC=CC3(C#N)/C1=N/c1[nH]c(c3ccccc13)N(C#N)C1=N/C(=N\C3(C#N)NC(=N2)c2ccccc23)c2ccccc21. The number of hydrogen-bond donors (Lipinski definition) is 2. The summed E-state index contributed by atoms with van der Waals surface area (Å²) in [6.45, 7) is 0. The van der Waals surface area contributed by atoms with E-state index in [4.69, 9.17) is 20.0 Å². The van der Waals surface area contributed by atoms with E-state index in [0.29, 0.717) is 56.1 Å². The molecule has 5 aliphatic rings. The van der Waals surface area contributed by atoms with Crippen molar-refractivity contribution in [2.45, 2.75) is 5.66 Å². The lowest BCUT2D eigenvalue weighted by molar-refractivity contribution is 0.559. The van der Waals surface area contributed by atoms with Gasteiger partial charge in [0.05, 0.1) is 6.07 Å². The van der Waals surface area contributed by atoms with Gasteiger partial charge in [-0.05, 0) is 0 Å². The summed E-state index contributed by atoms with van der Waals surface area (Å²) >= 11 is 0. The lowest BCUT2D eigenvalue weighted by Crippen LogP contribution is -2.37. The molecule has 222 valence electrons. The molecule has 2 N–H and O–H groups in total. The third-order valence-corrected chi connectivity index (χ3v) is 9.01. The molecular weight excluding hydrogens is 600 g/mol. The van der Waals surface area contributed by atoms with Gasteiger partial charge in [0.1, 0.15) is 23.5 Å². The Labute approximate surface area is 272 Å². The molecule has 3 aromatic carbocycles. The number of amidine groups is 4. The van der Waals surface area contributed by atoms with Crippen molar-refractivity contribution in [1.82, 2.24) is 15.2 Å². The van der Waals surface area contributed by atoms with Crippen molar-refractivity contribution in [3.8, 4) is 24.5 Å². The monoisotopic (exact) mass is 618 g/mol. The third kappa shape index (κ3) is 3.32. The molecule has 12 heteroatoms. The second-order valence-corrected chi connectivity index (χ2v) is 11.4. The number of aromatic amines is 1. The lowest BCUT2D eigenvalue weighted by Gasteiger charge is -2.22. The molecule has 48 heavy (non-hydrogen) atoms. The van der Waals surface area contributed by atoms with E-state index in [1.165, 1.54) is 9.80 Å². The van der Waals surface area contributed by atoms with Crippen LogP contribution in [0.2, 0.25) is 0 Å². The molecule has 12 nitrogen and oxygen atoms in total. The van der Waals surface area contributed by atoms with Gasteiger partial charge in [0.2, 0.25) is 5.66 Å². The van der Waals surface area contributed by atoms with Gasteiger partial charge in [-0.1, -0.05) is 97.1 Å². The van der Waals surface area contributed by atoms with Crippen LogP contribution in [0.15, 0.2) is 128 Å². The minimum absolute atomic E-state index is 0.110. The predicted molar refractivity (Wildman–Crippen MR) is 177 cm³/mol. The molecule has 0 saturated heterocycles. The van der Waals surface area contributed by atoms with Crippen LogP contribution in [0.25, 0.3) is 10.8 Å². The van der Waals surface area contributed by atoms with E-state index in [2.05, 4.69) is 34.8 Å². The van der Waals surface area contributed by atoms with Crippen LogP contribution in [0.1, 0.15) is 22.3 Å². The highest BCUT2D eigenvalue weighted by Crippen LogP contribution is 2.47. The Balaban J connectivity index is 1.43. The first-order valence-electron chi connectivity index (χ1n) is 14.8. The standard InChI is InChI=1S/C36H18N12/c37-17-35-16-8-7-15-27(35)33-43-30-25-13-5-6-14-26(25)36(18-38,46-30)45-29-22-10-2-4-12-24(22)32(42-29)47(19-39)31-23-11-3-1-9-21(23)28(41-31)44-34(35)48(33)20-40/h1-16,41H,(H,43,46)/b44-34-,45-29-. The van der Waals surface area contributed by atoms with Gasteiger partial charge in [-0.15, -0.1) is 0 Å². The smallest absolute Gasteiger partial charge is 0.248 e. The highest BCUT2D eigenvalue weighted by Gasteiger charge is 2.52. The highest BCUT2D eigenvalue weighted by molar-refractivity contribution is 6.29. The van der Waals surface area contributed by atoms with E-state index < -0.39 is 11.1 Å². The Morgan fingerprint density at radius 2 is 1.44 bits per heavy atom. The molecule has 8 bridgehead atoms. The zero-order chi connectivity index (χ0) is 32.6. The minimum Gasteiger partial charge on any atom is -0.330 e. The number of anilines is 1. The average molecular weight is 619 g/mol. The van der Waals surface area contributed by atoms with Crippen LogP contribution in [0.5, 0.6) is 0 Å². The molecular formula is C36H18N12. The van der Waals surface area contributed by atoms with Gasteiger partial charge in [-0.2, -0.15) is 21.0 Å². The van der Waals surface area contributed by atoms with Gasteiger partial charge in [-0.25, -0.2) is 29.8 Å². The summed E-state index contributed by atoms with van der Waals surface area (Å²) in [6, 6.07) is 26.8. The third-order valence-electron chi connectivity index (χ3n) is 9.01. The molecule has 1 aliphatic carbocycles. The Morgan fingerprint density at radius 3 is 2.21 bits per heavy atom. The largest absolute Gasteiger partial charge is 0.330 e. The van der Waals surface area contributed by atoms with E-state index in [1.54, 1.807) is 36.4 Å². The highest BCUT2D eigenvalue weighted by atomic mass is 15.3. The van der Waals surface area contributed by atoms with Crippen LogP contribution in [-0.2, 0) is 5.66 Å². The van der Waals surface area contributed by atoms with Gasteiger partial charge in [0.15, 0.2) is 41.1 Å². The molecule has 2 atom stereocenters. The average Bonchev–Trinajstić information content (AvgIpc) is 3.84. The van der Waals surface area contributed by atoms with Crippen LogP contribution < -0.4 is 10.2 Å². The molecule has 0 saturated carbocycles. The number of aliphatic imine (C=N–C) groups is 4. The summed E-state index contributed by atoms with van der Waals surface area (Å²) in [6.07, 6.45) is 11.4. The number of hydrogen-bond acceptors (Lipinski definition) is 11. The van der Waals surface area contributed by atoms with Crippen molar-refractivity contribution in [2.24, 2.45) is 25.4 Å². The number of nitrogens with zero attached hydrogens (tertiary/aromatic N) is 10. The van der Waals surface area contributed by atoms with Gasteiger partial charge in [0, 0.05) is 38.6 Å². The Kier molecular flexibility index (Phi) is 5.30. The molecule has 4 aliphatic heterocycles. The van der Waals surface area contributed by atoms with Gasteiger partial charge in [-0.3, -0.25) is 0 Å². The van der Waals surface area contributed by atoms with Crippen molar-refractivity contribution in [3.63, 3.8) is 0 Å². The predicted octanol–water partition coefficient (Wildman–Crippen LogP) is 5.08. The van der Waals surface area contributed by atoms with Crippen molar-refractivity contribution >= 4 is 45.8 Å². The molecule has 9 rings (SSSR count). The molecule has 0 radical (unpaired) electrons. The second kappa shape index (κ2) is 9.48. The van der Waals surface area contributed by atoms with Crippen LogP contribution in [0.4, 0.5) is 11.6 Å². The number of benzene rings is 3. The first kappa shape index (κ1) is 26.8. The fourth-order valence-electron chi connectivity index (χ4n) is 6.84. The topological polar surface area (TPSA) is 179 Å². The van der Waals surface area contributed by atoms with Gasteiger partial charge < -0.3 is 10.3 Å². The summed E-state index contributed by atoms with van der Waals surface area (Å²) in [7, 11) is 0. The van der Waals surface area contributed by atoms with Gasteiger partial charge >= 0.3 is 0 Å². The molecule has 0 spiro atoms. The van der Waals surface area contributed by atoms with Crippen LogP contribution >= 0.6 is 0 Å². The number of allylic oxidation sites excluding steroid dienone is 3. The molecule has 4 aromatic rings.